The summed E-state index contributed by atoms with van der Waals surface area (Å²) in [5, 5.41) is 17.0. The van der Waals surface area contributed by atoms with Crippen LogP contribution < -0.4 is 5.48 Å². The summed E-state index contributed by atoms with van der Waals surface area (Å²) < 4.78 is 13.1. The van der Waals surface area contributed by atoms with E-state index in [0.717, 1.165) is 0 Å². The number of anilines is 1. The minimum atomic E-state index is -0.600. The average Bonchev–Trinajstić information content (AvgIpc) is 2.09. The number of hydrogen-bond donors (Lipinski definition) is 2. The average molecular weight is 166 g/mol. The molecular formula is C8H7FN2O. The van der Waals surface area contributed by atoms with E-state index in [0.29, 0.717) is 5.56 Å². The molecule has 0 atom stereocenters. The summed E-state index contributed by atoms with van der Waals surface area (Å²) in [7, 11) is 0. The normalized spacial score (nSPS) is 9.17. The van der Waals surface area contributed by atoms with Crippen molar-refractivity contribution in [1.82, 2.24) is 0 Å². The molecule has 12 heavy (non-hydrogen) atoms. The van der Waals surface area contributed by atoms with Gasteiger partial charge in [0.05, 0.1) is 5.56 Å². The Bertz CT molecular complexity index is 344. The van der Waals surface area contributed by atoms with Crippen molar-refractivity contribution >= 4 is 5.69 Å². The van der Waals surface area contributed by atoms with Gasteiger partial charge in [0, 0.05) is 0 Å². The molecule has 0 heterocycles. The lowest BCUT2D eigenvalue weighted by atomic mass is 10.1. The minimum Gasteiger partial charge on any atom is -0.291 e. The highest BCUT2D eigenvalue weighted by Crippen LogP contribution is 2.21. The Morgan fingerprint density at radius 1 is 1.58 bits per heavy atom. The molecule has 1 aromatic rings. The zero-order chi connectivity index (χ0) is 9.14. The highest BCUT2D eigenvalue weighted by atomic mass is 19.1. The molecule has 4 heteroatoms. The van der Waals surface area contributed by atoms with Gasteiger partial charge in [-0.1, -0.05) is 6.07 Å². The molecule has 0 bridgehead atoms. The monoisotopic (exact) mass is 166 g/mol. The zero-order valence-corrected chi connectivity index (χ0v) is 6.43. The second kappa shape index (κ2) is 3.20. The molecule has 1 aromatic carbocycles. The van der Waals surface area contributed by atoms with Gasteiger partial charge in [0.1, 0.15) is 11.8 Å². The predicted molar refractivity (Wildman–Crippen MR) is 41.3 cm³/mol. The van der Waals surface area contributed by atoms with E-state index in [1.807, 2.05) is 0 Å². The van der Waals surface area contributed by atoms with Crippen molar-refractivity contribution in [3.63, 3.8) is 0 Å². The number of aryl methyl sites for hydroxylation is 1. The fourth-order valence-corrected chi connectivity index (χ4v) is 0.883. The fraction of sp³-hybridized carbons (Fsp3) is 0.125. The molecule has 2 N–H and O–H groups in total. The zero-order valence-electron chi connectivity index (χ0n) is 6.43. The van der Waals surface area contributed by atoms with E-state index >= 15 is 0 Å². The van der Waals surface area contributed by atoms with Crippen LogP contribution in [-0.2, 0) is 0 Å². The van der Waals surface area contributed by atoms with Gasteiger partial charge >= 0.3 is 0 Å². The Labute approximate surface area is 69.0 Å². The molecule has 0 spiro atoms. The molecule has 0 aromatic heterocycles. The smallest absolute Gasteiger partial charge is 0.152 e. The van der Waals surface area contributed by atoms with Gasteiger partial charge in [-0.25, -0.2) is 4.39 Å². The summed E-state index contributed by atoms with van der Waals surface area (Å²) in [4.78, 5) is 0. The summed E-state index contributed by atoms with van der Waals surface area (Å²) in [6, 6.07) is 4.67. The van der Waals surface area contributed by atoms with Crippen LogP contribution in [0.5, 0.6) is 0 Å². The third-order valence-electron chi connectivity index (χ3n) is 1.57. The second-order valence-corrected chi connectivity index (χ2v) is 2.34. The lowest BCUT2D eigenvalue weighted by Gasteiger charge is -2.04. The van der Waals surface area contributed by atoms with Crippen LogP contribution >= 0.6 is 0 Å². The van der Waals surface area contributed by atoms with Crippen LogP contribution in [0.2, 0.25) is 0 Å². The quantitative estimate of drug-likeness (QED) is 0.625. The number of hydrogen-bond acceptors (Lipinski definition) is 3. The lowest BCUT2D eigenvalue weighted by molar-refractivity contribution is 0.383. The highest BCUT2D eigenvalue weighted by Gasteiger charge is 2.09. The van der Waals surface area contributed by atoms with Gasteiger partial charge in [0.25, 0.3) is 0 Å². The first-order valence-corrected chi connectivity index (χ1v) is 3.30. The fourth-order valence-electron chi connectivity index (χ4n) is 0.883. The molecule has 0 fully saturated rings. The summed E-state index contributed by atoms with van der Waals surface area (Å²) in [6.45, 7) is 1.55. The Balaban J connectivity index is 3.38. The summed E-state index contributed by atoms with van der Waals surface area (Å²) in [5.41, 5.74) is 1.95. The molecule has 0 aliphatic carbocycles. The Hall–Kier alpha value is -1.60. The first-order valence-electron chi connectivity index (χ1n) is 3.30. The van der Waals surface area contributed by atoms with E-state index in [1.54, 1.807) is 18.5 Å². The second-order valence-electron chi connectivity index (χ2n) is 2.34. The van der Waals surface area contributed by atoms with Gasteiger partial charge in [-0.2, -0.15) is 5.26 Å². The van der Waals surface area contributed by atoms with Crippen LogP contribution in [0, 0.1) is 24.1 Å². The van der Waals surface area contributed by atoms with Crippen LogP contribution in [0.1, 0.15) is 11.1 Å². The van der Waals surface area contributed by atoms with E-state index in [2.05, 4.69) is 0 Å². The van der Waals surface area contributed by atoms with Gasteiger partial charge in [-0.15, -0.1) is 0 Å². The molecule has 0 unspecified atom stereocenters. The van der Waals surface area contributed by atoms with E-state index in [4.69, 9.17) is 10.5 Å². The number of nitrogens with one attached hydrogen (secondary N) is 1. The highest BCUT2D eigenvalue weighted by molar-refractivity contribution is 5.58. The summed E-state index contributed by atoms with van der Waals surface area (Å²) in [5.74, 6) is -0.600. The maximum atomic E-state index is 13.1. The maximum absolute atomic E-state index is 13.1. The molecule has 1 rings (SSSR count). The van der Waals surface area contributed by atoms with Crippen LogP contribution in [0.4, 0.5) is 10.1 Å². The SMILES string of the molecule is Cc1ccc(C#N)c(NO)c1F. The van der Waals surface area contributed by atoms with E-state index in [-0.39, 0.29) is 11.3 Å². The van der Waals surface area contributed by atoms with Crippen LogP contribution in [-0.4, -0.2) is 5.21 Å². The minimum absolute atomic E-state index is 0.0839. The molecule has 3 nitrogen and oxygen atoms in total. The van der Waals surface area contributed by atoms with Crippen molar-refractivity contribution < 1.29 is 9.60 Å². The van der Waals surface area contributed by atoms with Crippen molar-refractivity contribution in [1.29, 1.82) is 5.26 Å². The van der Waals surface area contributed by atoms with Crippen molar-refractivity contribution in [2.45, 2.75) is 6.92 Å². The van der Waals surface area contributed by atoms with Crippen molar-refractivity contribution in [3.8, 4) is 6.07 Å². The summed E-state index contributed by atoms with van der Waals surface area (Å²) >= 11 is 0. The van der Waals surface area contributed by atoms with Crippen molar-refractivity contribution in [2.24, 2.45) is 0 Å². The summed E-state index contributed by atoms with van der Waals surface area (Å²) in [6.07, 6.45) is 0. The molecule has 0 saturated heterocycles. The Morgan fingerprint density at radius 2 is 2.25 bits per heavy atom. The third-order valence-corrected chi connectivity index (χ3v) is 1.57. The molecule has 0 aliphatic rings. The van der Waals surface area contributed by atoms with Gasteiger partial charge in [-0.05, 0) is 18.6 Å². The van der Waals surface area contributed by atoms with Gasteiger partial charge in [-0.3, -0.25) is 10.7 Å². The van der Waals surface area contributed by atoms with E-state index in [1.165, 1.54) is 12.1 Å². The lowest BCUT2D eigenvalue weighted by Crippen LogP contribution is -1.98. The molecule has 0 amide bonds. The van der Waals surface area contributed by atoms with Gasteiger partial charge in [0.15, 0.2) is 5.82 Å². The largest absolute Gasteiger partial charge is 0.291 e. The van der Waals surface area contributed by atoms with Crippen LogP contribution in [0.15, 0.2) is 12.1 Å². The number of rotatable bonds is 1. The number of benzene rings is 1. The van der Waals surface area contributed by atoms with Gasteiger partial charge < -0.3 is 0 Å². The molecule has 0 saturated carbocycles. The molecular weight excluding hydrogens is 159 g/mol. The number of nitriles is 1. The van der Waals surface area contributed by atoms with E-state index in [9.17, 15) is 4.39 Å². The van der Waals surface area contributed by atoms with Crippen LogP contribution in [0.25, 0.3) is 0 Å². The Morgan fingerprint density at radius 3 is 2.75 bits per heavy atom. The van der Waals surface area contributed by atoms with Crippen molar-refractivity contribution in [3.05, 3.63) is 29.1 Å². The maximum Gasteiger partial charge on any atom is 0.152 e. The Kier molecular flexibility index (Phi) is 2.26. The van der Waals surface area contributed by atoms with Gasteiger partial charge in [0.2, 0.25) is 0 Å². The predicted octanol–water partition coefficient (Wildman–Crippen LogP) is 1.81. The van der Waals surface area contributed by atoms with Crippen molar-refractivity contribution in [2.75, 3.05) is 5.48 Å². The third kappa shape index (κ3) is 1.22. The van der Waals surface area contributed by atoms with Crippen LogP contribution in [0.3, 0.4) is 0 Å². The molecule has 0 radical (unpaired) electrons. The number of halogens is 1. The first kappa shape index (κ1) is 8.50. The number of nitrogens with zero attached hydrogens (tertiary/aromatic N) is 1. The topological polar surface area (TPSA) is 56.0 Å². The standard InChI is InChI=1S/C8H7FN2O/c1-5-2-3-6(4-10)8(11-12)7(5)9/h2-3,11-12H,1H3. The first-order chi connectivity index (χ1) is 5.70. The molecule has 0 aliphatic heterocycles. The van der Waals surface area contributed by atoms with E-state index < -0.39 is 5.82 Å². The molecule has 62 valence electrons.